The minimum Gasteiger partial charge on any atom is -0.492 e. The van der Waals surface area contributed by atoms with Crippen LogP contribution in [0.25, 0.3) is 11.3 Å². The number of carbonyl (C=O) groups excluding carboxylic acids is 1. The maximum atomic E-state index is 12.6. The number of hydrogen-bond acceptors (Lipinski definition) is 3. The molecule has 0 aliphatic rings. The number of benzene rings is 2. The predicted octanol–water partition coefficient (Wildman–Crippen LogP) is 3.81. The maximum absolute atomic E-state index is 12.6. The summed E-state index contributed by atoms with van der Waals surface area (Å²) in [7, 11) is 1.66. The van der Waals surface area contributed by atoms with E-state index in [-0.39, 0.29) is 11.5 Å². The summed E-state index contributed by atoms with van der Waals surface area (Å²) in [5, 5.41) is 0. The van der Waals surface area contributed by atoms with Gasteiger partial charge >= 0.3 is 0 Å². The summed E-state index contributed by atoms with van der Waals surface area (Å²) in [5.74, 6) is 0.452. The first-order valence-corrected chi connectivity index (χ1v) is 9.19. The maximum Gasteiger partial charge on any atom is 0.261 e. The van der Waals surface area contributed by atoms with E-state index in [1.165, 1.54) is 4.90 Å². The van der Waals surface area contributed by atoms with Gasteiger partial charge in [0.25, 0.3) is 11.5 Å². The molecule has 1 heterocycles. The van der Waals surface area contributed by atoms with E-state index < -0.39 is 5.56 Å². The number of ether oxygens (including phenoxy) is 1. The molecular formula is C23H24N2O3. The molecule has 1 aromatic heterocycles. The molecule has 2 aromatic carbocycles. The Morgan fingerprint density at radius 1 is 1.00 bits per heavy atom. The fraction of sp³-hybridized carbons (Fsp3) is 0.217. The zero-order valence-corrected chi connectivity index (χ0v) is 16.4. The lowest BCUT2D eigenvalue weighted by Crippen LogP contribution is -2.34. The van der Waals surface area contributed by atoms with E-state index in [1.807, 2.05) is 56.3 Å². The van der Waals surface area contributed by atoms with E-state index in [2.05, 4.69) is 11.1 Å². The van der Waals surface area contributed by atoms with Crippen molar-refractivity contribution in [3.05, 3.63) is 87.7 Å². The van der Waals surface area contributed by atoms with Gasteiger partial charge in [0.2, 0.25) is 0 Å². The Morgan fingerprint density at radius 3 is 2.32 bits per heavy atom. The van der Waals surface area contributed by atoms with Gasteiger partial charge in [-0.25, -0.2) is 0 Å². The third-order valence-electron chi connectivity index (χ3n) is 4.46. The molecule has 1 N–H and O–H groups in total. The lowest BCUT2D eigenvalue weighted by molar-refractivity contribution is 0.0772. The minimum absolute atomic E-state index is 0.119. The van der Waals surface area contributed by atoms with Crippen molar-refractivity contribution in [2.75, 3.05) is 20.2 Å². The van der Waals surface area contributed by atoms with E-state index in [1.54, 1.807) is 19.2 Å². The van der Waals surface area contributed by atoms with Crippen LogP contribution in [0.4, 0.5) is 0 Å². The molecule has 3 rings (SSSR count). The average Bonchev–Trinajstić information content (AvgIpc) is 2.67. The number of aromatic amines is 1. The highest BCUT2D eigenvalue weighted by atomic mass is 16.5. The summed E-state index contributed by atoms with van der Waals surface area (Å²) < 4.78 is 5.75. The van der Waals surface area contributed by atoms with Crippen molar-refractivity contribution in [3.63, 3.8) is 0 Å². The highest BCUT2D eigenvalue weighted by molar-refractivity contribution is 5.93. The van der Waals surface area contributed by atoms with Crippen LogP contribution in [0.15, 0.2) is 65.5 Å². The largest absolute Gasteiger partial charge is 0.492 e. The lowest BCUT2D eigenvalue weighted by Gasteiger charge is -2.17. The smallest absolute Gasteiger partial charge is 0.261 e. The molecule has 0 saturated carbocycles. The minimum atomic E-state index is -0.395. The second kappa shape index (κ2) is 8.57. The molecule has 0 bridgehead atoms. The fourth-order valence-corrected chi connectivity index (χ4v) is 3.05. The topological polar surface area (TPSA) is 62.4 Å². The lowest BCUT2D eigenvalue weighted by atomic mass is 10.1. The van der Waals surface area contributed by atoms with Gasteiger partial charge in [0.05, 0.1) is 6.54 Å². The molecule has 5 nitrogen and oxygen atoms in total. The first-order valence-electron chi connectivity index (χ1n) is 9.19. The molecule has 0 aliphatic carbocycles. The zero-order chi connectivity index (χ0) is 20.1. The van der Waals surface area contributed by atoms with E-state index in [9.17, 15) is 9.59 Å². The SMILES string of the molecule is Cc1cc(C)cc(OCCN(C)C(=O)c2ccc(-c3ccccc3)[nH]c2=O)c1. The van der Waals surface area contributed by atoms with Gasteiger partial charge in [0, 0.05) is 12.7 Å². The summed E-state index contributed by atoms with van der Waals surface area (Å²) in [6.07, 6.45) is 0. The van der Waals surface area contributed by atoms with Crippen molar-refractivity contribution in [2.45, 2.75) is 13.8 Å². The van der Waals surface area contributed by atoms with Crippen LogP contribution in [0.5, 0.6) is 5.75 Å². The van der Waals surface area contributed by atoms with Crippen molar-refractivity contribution >= 4 is 5.91 Å². The molecule has 0 radical (unpaired) electrons. The third kappa shape index (κ3) is 4.68. The molecule has 28 heavy (non-hydrogen) atoms. The molecular weight excluding hydrogens is 352 g/mol. The van der Waals surface area contributed by atoms with Gasteiger partial charge in [0.1, 0.15) is 17.9 Å². The summed E-state index contributed by atoms with van der Waals surface area (Å²) in [6, 6.07) is 18.8. The van der Waals surface area contributed by atoms with Gasteiger partial charge in [-0.05, 0) is 54.8 Å². The predicted molar refractivity (Wildman–Crippen MR) is 111 cm³/mol. The first kappa shape index (κ1) is 19.4. The average molecular weight is 376 g/mol. The quantitative estimate of drug-likeness (QED) is 0.712. The molecule has 144 valence electrons. The molecule has 0 atom stereocenters. The molecule has 0 aliphatic heterocycles. The number of rotatable bonds is 6. The van der Waals surface area contributed by atoms with Crippen LogP contribution in [-0.4, -0.2) is 36.0 Å². The zero-order valence-electron chi connectivity index (χ0n) is 16.4. The van der Waals surface area contributed by atoms with E-state index >= 15 is 0 Å². The molecule has 5 heteroatoms. The van der Waals surface area contributed by atoms with Crippen molar-refractivity contribution in [2.24, 2.45) is 0 Å². The number of likely N-dealkylation sites (N-methyl/N-ethyl adjacent to an activating group) is 1. The Hall–Kier alpha value is -3.34. The Morgan fingerprint density at radius 2 is 1.68 bits per heavy atom. The highest BCUT2D eigenvalue weighted by Crippen LogP contribution is 2.17. The van der Waals surface area contributed by atoms with Crippen LogP contribution in [0, 0.1) is 13.8 Å². The molecule has 0 saturated heterocycles. The Balaban J connectivity index is 1.63. The number of amides is 1. The summed E-state index contributed by atoms with van der Waals surface area (Å²) in [4.78, 5) is 29.3. The van der Waals surface area contributed by atoms with Crippen molar-refractivity contribution in [3.8, 4) is 17.0 Å². The summed E-state index contributed by atoms with van der Waals surface area (Å²) >= 11 is 0. The number of hydrogen-bond donors (Lipinski definition) is 1. The van der Waals surface area contributed by atoms with Crippen LogP contribution in [0.3, 0.4) is 0 Å². The van der Waals surface area contributed by atoms with E-state index in [0.717, 1.165) is 22.4 Å². The van der Waals surface area contributed by atoms with E-state index in [4.69, 9.17) is 4.74 Å². The summed E-state index contributed by atoms with van der Waals surface area (Å²) in [5.41, 5.74) is 3.56. The van der Waals surface area contributed by atoms with Gasteiger partial charge in [-0.2, -0.15) is 0 Å². The molecule has 0 spiro atoms. The molecule has 1 amide bonds. The Bertz CT molecular complexity index is 1010. The molecule has 3 aromatic rings. The van der Waals surface area contributed by atoms with E-state index in [0.29, 0.717) is 18.8 Å². The van der Waals surface area contributed by atoms with Gasteiger partial charge in [-0.15, -0.1) is 0 Å². The molecule has 0 unspecified atom stereocenters. The summed E-state index contributed by atoms with van der Waals surface area (Å²) in [6.45, 7) is 4.76. The molecule has 0 fully saturated rings. The Labute approximate surface area is 164 Å². The van der Waals surface area contributed by atoms with Crippen LogP contribution >= 0.6 is 0 Å². The monoisotopic (exact) mass is 376 g/mol. The Kier molecular flexibility index (Phi) is 5.94. The van der Waals surface area contributed by atoms with Crippen molar-refractivity contribution in [1.82, 2.24) is 9.88 Å². The third-order valence-corrected chi connectivity index (χ3v) is 4.46. The number of nitrogens with one attached hydrogen (secondary N) is 1. The van der Waals surface area contributed by atoms with Gasteiger partial charge < -0.3 is 14.6 Å². The second-order valence-corrected chi connectivity index (χ2v) is 6.88. The van der Waals surface area contributed by atoms with Gasteiger partial charge in [0.15, 0.2) is 0 Å². The number of H-pyrrole nitrogens is 1. The second-order valence-electron chi connectivity index (χ2n) is 6.88. The standard InChI is InChI=1S/C23H24N2O3/c1-16-13-17(2)15-19(14-16)28-12-11-25(3)23(27)20-9-10-21(24-22(20)26)18-7-5-4-6-8-18/h4-10,13-15H,11-12H2,1-3H3,(H,24,26). The van der Waals surface area contributed by atoms with Crippen LogP contribution in [0.1, 0.15) is 21.5 Å². The number of aryl methyl sites for hydroxylation is 2. The number of pyridine rings is 1. The van der Waals surface area contributed by atoms with Crippen molar-refractivity contribution < 1.29 is 9.53 Å². The number of aromatic nitrogens is 1. The van der Waals surface area contributed by atoms with Crippen LogP contribution in [0.2, 0.25) is 0 Å². The van der Waals surface area contributed by atoms with Gasteiger partial charge in [-0.3, -0.25) is 9.59 Å². The normalized spacial score (nSPS) is 10.5. The van der Waals surface area contributed by atoms with Crippen LogP contribution in [-0.2, 0) is 0 Å². The number of carbonyl (C=O) groups is 1. The van der Waals surface area contributed by atoms with Crippen LogP contribution < -0.4 is 10.3 Å². The number of nitrogens with zero attached hydrogens (tertiary/aromatic N) is 1. The van der Waals surface area contributed by atoms with Gasteiger partial charge in [-0.1, -0.05) is 36.4 Å². The first-order chi connectivity index (χ1) is 13.4. The highest BCUT2D eigenvalue weighted by Gasteiger charge is 2.16. The fourth-order valence-electron chi connectivity index (χ4n) is 3.05. The van der Waals surface area contributed by atoms with Crippen molar-refractivity contribution in [1.29, 1.82) is 0 Å².